The van der Waals surface area contributed by atoms with Gasteiger partial charge in [0.05, 0.1) is 0 Å². The van der Waals surface area contributed by atoms with Crippen molar-refractivity contribution in [3.05, 3.63) is 33.1 Å². The first-order valence-corrected chi connectivity index (χ1v) is 11.5. The fourth-order valence-corrected chi connectivity index (χ4v) is 5.67. The summed E-state index contributed by atoms with van der Waals surface area (Å²) in [5, 5.41) is 0. The van der Waals surface area contributed by atoms with Crippen LogP contribution in [0.2, 0.25) is 0 Å². The molecule has 0 aromatic heterocycles. The van der Waals surface area contributed by atoms with Gasteiger partial charge in [0.2, 0.25) is 0 Å². The molecule has 0 radical (unpaired) electrons. The van der Waals surface area contributed by atoms with Gasteiger partial charge in [0.25, 0.3) is 0 Å². The second-order valence-electron chi connectivity index (χ2n) is 7.44. The van der Waals surface area contributed by atoms with Gasteiger partial charge in [0.15, 0.2) is 0 Å². The zero-order chi connectivity index (χ0) is 15.5. The van der Waals surface area contributed by atoms with Gasteiger partial charge in [-0.3, -0.25) is 0 Å². The van der Waals surface area contributed by atoms with E-state index >= 15 is 0 Å². The minimum absolute atomic E-state index is 0.0449. The summed E-state index contributed by atoms with van der Waals surface area (Å²) in [4.78, 5) is 0. The average molecular weight is 414 g/mol. The molecule has 2 heteroatoms. The maximum Gasteiger partial charge on any atom is 0.136 e. The summed E-state index contributed by atoms with van der Waals surface area (Å²) < 4.78 is 18.5. The highest BCUT2D eigenvalue weighted by molar-refractivity contribution is 14.2. The van der Waals surface area contributed by atoms with Crippen molar-refractivity contribution in [3.63, 3.8) is 0 Å². The van der Waals surface area contributed by atoms with Gasteiger partial charge in [-0.25, -0.2) is 4.39 Å². The average Bonchev–Trinajstić information content (AvgIpc) is 2.56. The number of rotatable bonds is 3. The van der Waals surface area contributed by atoms with E-state index in [0.717, 1.165) is 21.3 Å². The van der Waals surface area contributed by atoms with Crippen LogP contribution in [0.5, 0.6) is 0 Å². The molecule has 0 bridgehead atoms. The van der Waals surface area contributed by atoms with Crippen molar-refractivity contribution in [1.82, 2.24) is 0 Å². The molecule has 0 N–H and O–H groups in total. The fraction of sp³-hybridized carbons (Fsp3) is 0.650. The van der Waals surface area contributed by atoms with Gasteiger partial charge < -0.3 is 0 Å². The van der Waals surface area contributed by atoms with E-state index < -0.39 is 20.7 Å². The molecule has 3 rings (SSSR count). The lowest BCUT2D eigenvalue weighted by Crippen LogP contribution is -2.24. The Kier molecular flexibility index (Phi) is 5.69. The minimum atomic E-state index is -0.401. The standard InChI is InChI=1S/C20H28FI/c1-14-3-5-15(6-4-14)16-7-9-17(10-8-16)18-11-12-19(21)20(13-18)22-2/h11-17H,2-10H2,1H3. The quantitative estimate of drug-likeness (QED) is 0.496. The van der Waals surface area contributed by atoms with E-state index in [0.29, 0.717) is 5.92 Å². The summed E-state index contributed by atoms with van der Waals surface area (Å²) in [7, 11) is 0. The number of benzene rings is 1. The van der Waals surface area contributed by atoms with Gasteiger partial charge in [0, 0.05) is 3.57 Å². The molecular formula is C20H28FI. The van der Waals surface area contributed by atoms with Crippen LogP contribution >= 0.6 is 20.7 Å². The first-order valence-electron chi connectivity index (χ1n) is 8.85. The molecule has 2 fully saturated rings. The Morgan fingerprint density at radius 2 is 1.55 bits per heavy atom. The maximum atomic E-state index is 13.7. The van der Waals surface area contributed by atoms with Crippen molar-refractivity contribution >= 4 is 25.2 Å². The maximum absolute atomic E-state index is 13.7. The van der Waals surface area contributed by atoms with Crippen LogP contribution in [0.4, 0.5) is 4.39 Å². The Labute approximate surface area is 144 Å². The molecule has 1 aromatic rings. The summed E-state index contributed by atoms with van der Waals surface area (Å²) in [5.74, 6) is 3.52. The minimum Gasteiger partial charge on any atom is -0.206 e. The molecule has 122 valence electrons. The number of halogens is 2. The Hall–Kier alpha value is -0.250. The third-order valence-corrected chi connectivity index (χ3v) is 7.71. The predicted octanol–water partition coefficient (Wildman–Crippen LogP) is 6.50. The second kappa shape index (κ2) is 7.55. The molecule has 2 aliphatic rings. The van der Waals surface area contributed by atoms with Gasteiger partial charge in [-0.2, -0.15) is 0 Å². The van der Waals surface area contributed by atoms with Gasteiger partial charge >= 0.3 is 0 Å². The van der Waals surface area contributed by atoms with E-state index in [2.05, 4.69) is 17.5 Å². The van der Waals surface area contributed by atoms with E-state index in [-0.39, 0.29) is 5.82 Å². The van der Waals surface area contributed by atoms with Crippen molar-refractivity contribution in [3.8, 4) is 0 Å². The Bertz CT molecular complexity index is 508. The summed E-state index contributed by atoms with van der Waals surface area (Å²) in [6.07, 6.45) is 11.2. The molecule has 0 spiro atoms. The third-order valence-electron chi connectivity index (χ3n) is 6.06. The molecule has 0 unspecified atom stereocenters. The van der Waals surface area contributed by atoms with Gasteiger partial charge in [-0.15, -0.1) is 0 Å². The molecule has 0 amide bonds. The number of hydrogen-bond donors (Lipinski definition) is 0. The molecule has 0 heterocycles. The van der Waals surface area contributed by atoms with E-state index in [9.17, 15) is 4.39 Å². The van der Waals surface area contributed by atoms with Crippen molar-refractivity contribution in [2.75, 3.05) is 0 Å². The highest BCUT2D eigenvalue weighted by atomic mass is 127. The number of hydrogen-bond acceptors (Lipinski definition) is 0. The Morgan fingerprint density at radius 3 is 2.14 bits per heavy atom. The first-order chi connectivity index (χ1) is 10.7. The zero-order valence-electron chi connectivity index (χ0n) is 13.7. The van der Waals surface area contributed by atoms with E-state index in [1.165, 1.54) is 56.9 Å². The van der Waals surface area contributed by atoms with Crippen LogP contribution in [0.3, 0.4) is 0 Å². The van der Waals surface area contributed by atoms with Crippen LogP contribution in [0.25, 0.3) is 0 Å². The smallest absolute Gasteiger partial charge is 0.136 e. The van der Waals surface area contributed by atoms with Crippen LogP contribution < -0.4 is 0 Å². The molecule has 0 aliphatic heterocycles. The van der Waals surface area contributed by atoms with Crippen molar-refractivity contribution in [2.24, 2.45) is 17.8 Å². The summed E-state index contributed by atoms with van der Waals surface area (Å²) in [6.45, 7) is 2.41. The Balaban J connectivity index is 1.58. The van der Waals surface area contributed by atoms with Crippen molar-refractivity contribution in [2.45, 2.75) is 64.2 Å². The van der Waals surface area contributed by atoms with E-state index in [4.69, 9.17) is 0 Å². The lowest BCUT2D eigenvalue weighted by atomic mass is 9.68. The lowest BCUT2D eigenvalue weighted by molar-refractivity contribution is 0.165. The molecule has 0 atom stereocenters. The van der Waals surface area contributed by atoms with Crippen LogP contribution in [0, 0.1) is 27.1 Å². The van der Waals surface area contributed by atoms with Crippen LogP contribution in [0.1, 0.15) is 69.8 Å². The fourth-order valence-electron chi connectivity index (χ4n) is 4.55. The summed E-state index contributed by atoms with van der Waals surface area (Å²) in [6, 6.07) is 5.80. The van der Waals surface area contributed by atoms with E-state index in [1.807, 2.05) is 6.07 Å². The summed E-state index contributed by atoms with van der Waals surface area (Å²) in [5.41, 5.74) is 1.37. The molecular weight excluding hydrogens is 386 g/mol. The SMILES string of the molecule is C=Ic1cc(C2CCC(C3CCC(C)CC3)CC2)ccc1F. The van der Waals surface area contributed by atoms with Crippen molar-refractivity contribution < 1.29 is 4.39 Å². The molecule has 22 heavy (non-hydrogen) atoms. The van der Waals surface area contributed by atoms with Crippen LogP contribution in [-0.2, 0) is 0 Å². The lowest BCUT2D eigenvalue weighted by Gasteiger charge is -2.37. The zero-order valence-corrected chi connectivity index (χ0v) is 15.8. The summed E-state index contributed by atoms with van der Waals surface area (Å²) >= 11 is -0.401. The molecule has 0 saturated heterocycles. The monoisotopic (exact) mass is 414 g/mol. The first kappa shape index (κ1) is 16.6. The second-order valence-corrected chi connectivity index (χ2v) is 9.36. The molecule has 2 aliphatic carbocycles. The highest BCUT2D eigenvalue weighted by Crippen LogP contribution is 2.44. The molecule has 2 saturated carbocycles. The third kappa shape index (κ3) is 3.80. The molecule has 0 nitrogen and oxygen atoms in total. The topological polar surface area (TPSA) is 0 Å². The van der Waals surface area contributed by atoms with Crippen LogP contribution in [-0.4, -0.2) is 4.51 Å². The highest BCUT2D eigenvalue weighted by Gasteiger charge is 2.30. The van der Waals surface area contributed by atoms with Gasteiger partial charge in [-0.1, -0.05) is 51.1 Å². The largest absolute Gasteiger partial charge is 0.206 e. The van der Waals surface area contributed by atoms with Crippen molar-refractivity contribution in [1.29, 1.82) is 0 Å². The normalized spacial score (nSPS) is 32.8. The molecule has 1 aromatic carbocycles. The predicted molar refractivity (Wildman–Crippen MR) is 102 cm³/mol. The Morgan fingerprint density at radius 1 is 0.955 bits per heavy atom. The van der Waals surface area contributed by atoms with Crippen LogP contribution in [0.15, 0.2) is 18.2 Å². The van der Waals surface area contributed by atoms with Gasteiger partial charge in [0.1, 0.15) is 5.82 Å². The van der Waals surface area contributed by atoms with Gasteiger partial charge in [-0.05, 0) is 79.9 Å². The van der Waals surface area contributed by atoms with E-state index in [1.54, 1.807) is 6.07 Å².